The maximum Gasteiger partial charge on any atom is 0.0700 e. The maximum atomic E-state index is 9.20. The first-order valence-electron chi connectivity index (χ1n) is 5.80. The average Bonchev–Trinajstić information content (AvgIpc) is 2.29. The van der Waals surface area contributed by atoms with Gasteiger partial charge < -0.3 is 14.6 Å². The Kier molecular flexibility index (Phi) is 6.92. The van der Waals surface area contributed by atoms with Gasteiger partial charge in [0.15, 0.2) is 0 Å². The Labute approximate surface area is 92.2 Å². The molecule has 0 aromatic carbocycles. The lowest BCUT2D eigenvalue weighted by Gasteiger charge is -2.34. The summed E-state index contributed by atoms with van der Waals surface area (Å²) in [5.74, 6) is 0. The third kappa shape index (κ3) is 4.93. The summed E-state index contributed by atoms with van der Waals surface area (Å²) in [6.07, 6.45) is 3.61. The predicted octanol–water partition coefficient (Wildman–Crippen LogP) is 0.496. The molecule has 0 aliphatic carbocycles. The van der Waals surface area contributed by atoms with Crippen LogP contribution in [0.15, 0.2) is 0 Å². The van der Waals surface area contributed by atoms with E-state index in [9.17, 15) is 5.11 Å². The topological polar surface area (TPSA) is 41.9 Å². The zero-order valence-corrected chi connectivity index (χ0v) is 9.65. The van der Waals surface area contributed by atoms with E-state index in [1.165, 1.54) is 12.8 Å². The molecule has 0 bridgehead atoms. The number of ether oxygens (including phenoxy) is 2. The quantitative estimate of drug-likeness (QED) is 0.630. The highest BCUT2D eigenvalue weighted by Crippen LogP contribution is 2.15. The number of aliphatic hydroxyl groups excluding tert-OH is 1. The molecule has 0 amide bonds. The first-order valence-corrected chi connectivity index (χ1v) is 5.80. The molecule has 0 aromatic heterocycles. The van der Waals surface area contributed by atoms with Crippen LogP contribution in [-0.4, -0.2) is 62.7 Å². The number of nitrogens with zero attached hydrogens (tertiary/aromatic N) is 1. The Morgan fingerprint density at radius 2 is 2.13 bits per heavy atom. The van der Waals surface area contributed by atoms with Crippen molar-refractivity contribution in [3.05, 3.63) is 0 Å². The van der Waals surface area contributed by atoms with Crippen molar-refractivity contribution < 1.29 is 14.6 Å². The van der Waals surface area contributed by atoms with Crippen molar-refractivity contribution in [3.8, 4) is 0 Å². The highest BCUT2D eigenvalue weighted by molar-refractivity contribution is 4.75. The second-order valence-electron chi connectivity index (χ2n) is 3.97. The Bertz CT molecular complexity index is 155. The van der Waals surface area contributed by atoms with Crippen LogP contribution >= 0.6 is 0 Å². The van der Waals surface area contributed by atoms with Crippen molar-refractivity contribution in [3.63, 3.8) is 0 Å². The summed E-state index contributed by atoms with van der Waals surface area (Å²) in [7, 11) is 1.68. The Hall–Kier alpha value is -0.160. The van der Waals surface area contributed by atoms with E-state index in [2.05, 4.69) is 4.90 Å². The van der Waals surface area contributed by atoms with E-state index in [0.29, 0.717) is 19.3 Å². The number of methoxy groups -OCH3 is 1. The van der Waals surface area contributed by atoms with Gasteiger partial charge in [-0.25, -0.2) is 0 Å². The van der Waals surface area contributed by atoms with Gasteiger partial charge in [0.2, 0.25) is 0 Å². The van der Waals surface area contributed by atoms with Gasteiger partial charge in [0.1, 0.15) is 0 Å². The molecule has 0 aromatic rings. The van der Waals surface area contributed by atoms with E-state index in [1.807, 2.05) is 0 Å². The third-order valence-electron chi connectivity index (χ3n) is 2.91. The Morgan fingerprint density at radius 3 is 2.87 bits per heavy atom. The molecule has 1 N–H and O–H groups in total. The van der Waals surface area contributed by atoms with Crippen molar-refractivity contribution in [2.75, 3.05) is 46.6 Å². The van der Waals surface area contributed by atoms with Crippen LogP contribution in [0.2, 0.25) is 0 Å². The summed E-state index contributed by atoms with van der Waals surface area (Å²) in [5, 5.41) is 9.20. The van der Waals surface area contributed by atoms with Crippen LogP contribution in [0.3, 0.4) is 0 Å². The number of piperidine rings is 1. The fourth-order valence-corrected chi connectivity index (χ4v) is 1.99. The van der Waals surface area contributed by atoms with Gasteiger partial charge in [0.05, 0.1) is 26.4 Å². The lowest BCUT2D eigenvalue weighted by Crippen LogP contribution is -2.43. The summed E-state index contributed by atoms with van der Waals surface area (Å²) in [6.45, 7) is 4.35. The fourth-order valence-electron chi connectivity index (χ4n) is 1.99. The van der Waals surface area contributed by atoms with E-state index >= 15 is 0 Å². The second-order valence-corrected chi connectivity index (χ2v) is 3.97. The van der Waals surface area contributed by atoms with E-state index in [1.54, 1.807) is 7.11 Å². The minimum absolute atomic E-state index is 0.276. The molecule has 1 fully saturated rings. The molecule has 1 aliphatic rings. The van der Waals surface area contributed by atoms with Gasteiger partial charge >= 0.3 is 0 Å². The zero-order chi connectivity index (χ0) is 10.9. The minimum Gasteiger partial charge on any atom is -0.395 e. The molecule has 1 heterocycles. The molecule has 4 nitrogen and oxygen atoms in total. The molecule has 1 aliphatic heterocycles. The van der Waals surface area contributed by atoms with Crippen molar-refractivity contribution in [2.24, 2.45) is 0 Å². The zero-order valence-electron chi connectivity index (χ0n) is 9.65. The summed E-state index contributed by atoms with van der Waals surface area (Å²) < 4.78 is 10.3. The maximum absolute atomic E-state index is 9.20. The van der Waals surface area contributed by atoms with Gasteiger partial charge in [-0.05, 0) is 19.4 Å². The second kappa shape index (κ2) is 8.05. The molecule has 90 valence electrons. The largest absolute Gasteiger partial charge is 0.395 e. The smallest absolute Gasteiger partial charge is 0.0700 e. The highest BCUT2D eigenvalue weighted by atomic mass is 16.5. The van der Waals surface area contributed by atoms with Crippen molar-refractivity contribution in [2.45, 2.75) is 25.3 Å². The predicted molar refractivity (Wildman–Crippen MR) is 59.0 cm³/mol. The SMILES string of the molecule is COCCOCCN1CCCCC1CO. The molecule has 0 radical (unpaired) electrons. The molecule has 4 heteroatoms. The summed E-state index contributed by atoms with van der Waals surface area (Å²) in [6, 6.07) is 0.352. The van der Waals surface area contributed by atoms with Crippen LogP contribution in [-0.2, 0) is 9.47 Å². The van der Waals surface area contributed by atoms with Gasteiger partial charge in [0, 0.05) is 19.7 Å². The van der Waals surface area contributed by atoms with E-state index in [-0.39, 0.29) is 6.61 Å². The normalized spacial score (nSPS) is 23.2. The Balaban J connectivity index is 2.07. The highest BCUT2D eigenvalue weighted by Gasteiger charge is 2.20. The summed E-state index contributed by atoms with van der Waals surface area (Å²) in [5.41, 5.74) is 0. The number of aliphatic hydroxyl groups is 1. The van der Waals surface area contributed by atoms with Crippen molar-refractivity contribution >= 4 is 0 Å². The molecular weight excluding hydrogens is 194 g/mol. The monoisotopic (exact) mass is 217 g/mol. The van der Waals surface area contributed by atoms with Crippen LogP contribution in [0, 0.1) is 0 Å². The molecule has 1 atom stereocenters. The van der Waals surface area contributed by atoms with E-state index < -0.39 is 0 Å². The number of rotatable bonds is 7. The summed E-state index contributed by atoms with van der Waals surface area (Å²) in [4.78, 5) is 2.33. The van der Waals surface area contributed by atoms with Crippen LogP contribution in [0.4, 0.5) is 0 Å². The molecule has 1 saturated heterocycles. The number of likely N-dealkylation sites (tertiary alicyclic amines) is 1. The van der Waals surface area contributed by atoms with Crippen LogP contribution in [0.1, 0.15) is 19.3 Å². The molecular formula is C11H23NO3. The standard InChI is InChI=1S/C11H23NO3/c1-14-8-9-15-7-6-12-5-3-2-4-11(12)10-13/h11,13H,2-10H2,1H3. The molecule has 0 saturated carbocycles. The van der Waals surface area contributed by atoms with Gasteiger partial charge in [-0.1, -0.05) is 6.42 Å². The minimum atomic E-state index is 0.276. The molecule has 1 unspecified atom stereocenters. The van der Waals surface area contributed by atoms with Gasteiger partial charge in [-0.2, -0.15) is 0 Å². The van der Waals surface area contributed by atoms with E-state index in [0.717, 1.165) is 26.1 Å². The first kappa shape index (κ1) is 12.9. The average molecular weight is 217 g/mol. The molecule has 0 spiro atoms. The molecule has 1 rings (SSSR count). The van der Waals surface area contributed by atoms with Gasteiger partial charge in [-0.3, -0.25) is 4.90 Å². The van der Waals surface area contributed by atoms with Gasteiger partial charge in [-0.15, -0.1) is 0 Å². The summed E-state index contributed by atoms with van der Waals surface area (Å²) >= 11 is 0. The van der Waals surface area contributed by atoms with Crippen LogP contribution in [0.5, 0.6) is 0 Å². The van der Waals surface area contributed by atoms with Crippen molar-refractivity contribution in [1.82, 2.24) is 4.90 Å². The third-order valence-corrected chi connectivity index (χ3v) is 2.91. The van der Waals surface area contributed by atoms with Crippen LogP contribution < -0.4 is 0 Å². The Morgan fingerprint density at radius 1 is 1.27 bits per heavy atom. The van der Waals surface area contributed by atoms with Gasteiger partial charge in [0.25, 0.3) is 0 Å². The van der Waals surface area contributed by atoms with Crippen molar-refractivity contribution in [1.29, 1.82) is 0 Å². The van der Waals surface area contributed by atoms with Crippen LogP contribution in [0.25, 0.3) is 0 Å². The van der Waals surface area contributed by atoms with E-state index in [4.69, 9.17) is 9.47 Å². The lowest BCUT2D eigenvalue weighted by atomic mass is 10.0. The fraction of sp³-hybridized carbons (Fsp3) is 1.00. The number of hydrogen-bond donors (Lipinski definition) is 1. The lowest BCUT2D eigenvalue weighted by molar-refractivity contribution is 0.0307. The first-order chi connectivity index (χ1) is 7.38. The molecule has 15 heavy (non-hydrogen) atoms. The number of hydrogen-bond acceptors (Lipinski definition) is 4.